The third-order valence-corrected chi connectivity index (χ3v) is 3.02. The number of hydrogen-bond donors (Lipinski definition) is 6. The van der Waals surface area contributed by atoms with Crippen LogP contribution in [0.25, 0.3) is 0 Å². The van der Waals surface area contributed by atoms with E-state index in [0.29, 0.717) is 25.7 Å². The van der Waals surface area contributed by atoms with Gasteiger partial charge >= 0.3 is 0 Å². The predicted molar refractivity (Wildman–Crippen MR) is 65.9 cm³/mol. The Bertz CT molecular complexity index is 199. The van der Waals surface area contributed by atoms with Crippen LogP contribution in [0.2, 0.25) is 0 Å². The summed E-state index contributed by atoms with van der Waals surface area (Å²) in [6.07, 6.45) is -2.25. The third-order valence-electron chi connectivity index (χ3n) is 3.02. The van der Waals surface area contributed by atoms with Crippen molar-refractivity contribution >= 4 is 0 Å². The van der Waals surface area contributed by atoms with Gasteiger partial charge in [0.15, 0.2) is 0 Å². The molecule has 6 N–H and O–H groups in total. The monoisotopic (exact) mass is 266 g/mol. The SMILES string of the molecule is CC(O)C(O)C(O)CCCCCC(O)C(O)CO. The molecule has 5 atom stereocenters. The number of rotatable bonds is 10. The molecule has 5 unspecified atom stereocenters. The summed E-state index contributed by atoms with van der Waals surface area (Å²) in [5.41, 5.74) is 0. The molecule has 0 spiro atoms. The van der Waals surface area contributed by atoms with Gasteiger partial charge in [-0.1, -0.05) is 19.3 Å². The fourth-order valence-corrected chi connectivity index (χ4v) is 1.69. The predicted octanol–water partition coefficient (Wildman–Crippen LogP) is -1.25. The molecule has 0 fully saturated rings. The van der Waals surface area contributed by atoms with Crippen molar-refractivity contribution < 1.29 is 30.6 Å². The van der Waals surface area contributed by atoms with Crippen LogP contribution >= 0.6 is 0 Å². The molecule has 6 heteroatoms. The molecule has 0 saturated carbocycles. The molecule has 0 aliphatic rings. The van der Waals surface area contributed by atoms with E-state index in [9.17, 15) is 15.3 Å². The van der Waals surface area contributed by atoms with Crippen molar-refractivity contribution in [2.24, 2.45) is 0 Å². The summed E-state index contributed by atoms with van der Waals surface area (Å²) in [6, 6.07) is 0. The average Bonchev–Trinajstić information content (AvgIpc) is 2.35. The normalized spacial score (nSPS) is 20.2. The van der Waals surface area contributed by atoms with Crippen molar-refractivity contribution in [2.75, 3.05) is 6.61 Å². The lowest BCUT2D eigenvalue weighted by atomic mass is 10.0. The minimum Gasteiger partial charge on any atom is -0.394 e. The molecule has 0 saturated heterocycles. The summed E-state index contributed by atoms with van der Waals surface area (Å²) < 4.78 is 0. The van der Waals surface area contributed by atoms with Gasteiger partial charge in [0.05, 0.1) is 24.9 Å². The Kier molecular flexibility index (Phi) is 9.53. The molecule has 0 rings (SSSR count). The van der Waals surface area contributed by atoms with Gasteiger partial charge in [0.2, 0.25) is 0 Å². The second kappa shape index (κ2) is 9.66. The molecule has 0 aliphatic carbocycles. The highest BCUT2D eigenvalue weighted by Gasteiger charge is 2.20. The fraction of sp³-hybridized carbons (Fsp3) is 1.00. The summed E-state index contributed by atoms with van der Waals surface area (Å²) in [6.45, 7) is 0.959. The van der Waals surface area contributed by atoms with Gasteiger partial charge in [0, 0.05) is 0 Å². The topological polar surface area (TPSA) is 121 Å². The first-order valence-corrected chi connectivity index (χ1v) is 6.41. The molecule has 110 valence electrons. The molecule has 6 nitrogen and oxygen atoms in total. The van der Waals surface area contributed by atoms with E-state index in [0.717, 1.165) is 6.42 Å². The maximum Gasteiger partial charge on any atom is 0.105 e. The smallest absolute Gasteiger partial charge is 0.105 e. The Balaban J connectivity index is 3.56. The van der Waals surface area contributed by atoms with Gasteiger partial charge in [0.25, 0.3) is 0 Å². The molecule has 0 heterocycles. The molecule has 0 aromatic rings. The number of hydrogen-bond acceptors (Lipinski definition) is 6. The highest BCUT2D eigenvalue weighted by molar-refractivity contribution is 4.72. The van der Waals surface area contributed by atoms with Crippen molar-refractivity contribution in [3.63, 3.8) is 0 Å². The molecule has 0 aromatic carbocycles. The first-order valence-electron chi connectivity index (χ1n) is 6.41. The van der Waals surface area contributed by atoms with Crippen LogP contribution in [0.1, 0.15) is 39.0 Å². The number of aliphatic hydroxyl groups is 6. The average molecular weight is 266 g/mol. The van der Waals surface area contributed by atoms with E-state index in [1.165, 1.54) is 6.92 Å². The molecular weight excluding hydrogens is 240 g/mol. The van der Waals surface area contributed by atoms with Crippen molar-refractivity contribution in [1.82, 2.24) is 0 Å². The van der Waals surface area contributed by atoms with Gasteiger partial charge in [-0.2, -0.15) is 0 Å². The van der Waals surface area contributed by atoms with E-state index in [1.807, 2.05) is 0 Å². The van der Waals surface area contributed by atoms with Crippen LogP contribution in [0.4, 0.5) is 0 Å². The maximum absolute atomic E-state index is 9.49. The Morgan fingerprint density at radius 1 is 0.722 bits per heavy atom. The van der Waals surface area contributed by atoms with E-state index in [1.54, 1.807) is 0 Å². The van der Waals surface area contributed by atoms with Crippen LogP contribution in [-0.2, 0) is 0 Å². The van der Waals surface area contributed by atoms with E-state index in [4.69, 9.17) is 15.3 Å². The summed E-state index contributed by atoms with van der Waals surface area (Å²) in [7, 11) is 0. The van der Waals surface area contributed by atoms with Crippen LogP contribution in [0.3, 0.4) is 0 Å². The molecule has 0 aliphatic heterocycles. The molecule has 18 heavy (non-hydrogen) atoms. The summed E-state index contributed by atoms with van der Waals surface area (Å²) >= 11 is 0. The minimum absolute atomic E-state index is 0.380. The molecule has 0 radical (unpaired) electrons. The fourth-order valence-electron chi connectivity index (χ4n) is 1.69. The standard InChI is InChI=1S/C12H26O6/c1-8(14)12(18)10(16)6-4-2-3-5-9(15)11(17)7-13/h8-18H,2-7H2,1H3. The van der Waals surface area contributed by atoms with Crippen LogP contribution in [0.5, 0.6) is 0 Å². The van der Waals surface area contributed by atoms with Crippen LogP contribution < -0.4 is 0 Å². The quantitative estimate of drug-likeness (QED) is 0.275. The molecule has 0 aromatic heterocycles. The Morgan fingerprint density at radius 3 is 1.67 bits per heavy atom. The van der Waals surface area contributed by atoms with Gasteiger partial charge in [-0.15, -0.1) is 0 Å². The molecule has 0 amide bonds. The largest absolute Gasteiger partial charge is 0.394 e. The minimum atomic E-state index is -1.13. The van der Waals surface area contributed by atoms with Crippen molar-refractivity contribution in [2.45, 2.75) is 69.5 Å². The zero-order chi connectivity index (χ0) is 14.1. The van der Waals surface area contributed by atoms with Gasteiger partial charge in [0.1, 0.15) is 12.2 Å². The van der Waals surface area contributed by atoms with Crippen molar-refractivity contribution in [1.29, 1.82) is 0 Å². The van der Waals surface area contributed by atoms with Gasteiger partial charge < -0.3 is 30.6 Å². The van der Waals surface area contributed by atoms with Gasteiger partial charge in [-0.3, -0.25) is 0 Å². The first-order chi connectivity index (χ1) is 8.40. The summed E-state index contributed by atoms with van der Waals surface area (Å²) in [4.78, 5) is 0. The zero-order valence-corrected chi connectivity index (χ0v) is 10.8. The lowest BCUT2D eigenvalue weighted by Crippen LogP contribution is -2.35. The summed E-state index contributed by atoms with van der Waals surface area (Å²) in [5, 5.41) is 55.0. The Hall–Kier alpha value is -0.240. The van der Waals surface area contributed by atoms with Crippen molar-refractivity contribution in [3.8, 4) is 0 Å². The number of unbranched alkanes of at least 4 members (excludes halogenated alkanes) is 2. The highest BCUT2D eigenvalue weighted by atomic mass is 16.4. The second-order valence-electron chi connectivity index (χ2n) is 4.75. The second-order valence-corrected chi connectivity index (χ2v) is 4.75. The maximum atomic E-state index is 9.49. The van der Waals surface area contributed by atoms with Crippen LogP contribution in [-0.4, -0.2) is 67.8 Å². The van der Waals surface area contributed by atoms with E-state index in [2.05, 4.69) is 0 Å². The molecular formula is C12H26O6. The highest BCUT2D eigenvalue weighted by Crippen LogP contribution is 2.12. The third kappa shape index (κ3) is 7.25. The molecule has 0 bridgehead atoms. The van der Waals surface area contributed by atoms with Gasteiger partial charge in [-0.25, -0.2) is 0 Å². The zero-order valence-electron chi connectivity index (χ0n) is 10.8. The van der Waals surface area contributed by atoms with Gasteiger partial charge in [-0.05, 0) is 19.8 Å². The van der Waals surface area contributed by atoms with Crippen LogP contribution in [0, 0.1) is 0 Å². The first kappa shape index (κ1) is 17.8. The lowest BCUT2D eigenvalue weighted by molar-refractivity contribution is -0.0552. The van der Waals surface area contributed by atoms with E-state index >= 15 is 0 Å². The lowest BCUT2D eigenvalue weighted by Gasteiger charge is -2.20. The van der Waals surface area contributed by atoms with E-state index in [-0.39, 0.29) is 0 Å². The summed E-state index contributed by atoms with van der Waals surface area (Å²) in [5.74, 6) is 0. The van der Waals surface area contributed by atoms with Crippen LogP contribution in [0.15, 0.2) is 0 Å². The Morgan fingerprint density at radius 2 is 1.22 bits per heavy atom. The van der Waals surface area contributed by atoms with E-state index < -0.39 is 37.1 Å². The number of aliphatic hydroxyl groups excluding tert-OH is 6. The van der Waals surface area contributed by atoms with Crippen molar-refractivity contribution in [3.05, 3.63) is 0 Å². The Labute approximate surface area is 108 Å².